The van der Waals surface area contributed by atoms with Crippen LogP contribution in [0.3, 0.4) is 0 Å². The molecule has 10 nitrogen and oxygen atoms in total. The lowest BCUT2D eigenvalue weighted by Gasteiger charge is -2.09. The van der Waals surface area contributed by atoms with Gasteiger partial charge in [-0.3, -0.25) is 5.32 Å². The minimum Gasteiger partial charge on any atom is -0.467 e. The van der Waals surface area contributed by atoms with Gasteiger partial charge in [-0.15, -0.1) is 16.3 Å². The summed E-state index contributed by atoms with van der Waals surface area (Å²) in [5.41, 5.74) is 0.557. The topological polar surface area (TPSA) is 132 Å². The third-order valence-electron chi connectivity index (χ3n) is 2.77. The van der Waals surface area contributed by atoms with Gasteiger partial charge in [0.1, 0.15) is 4.90 Å². The first-order valence-corrected chi connectivity index (χ1v) is 8.85. The number of ether oxygens (including phenoxy) is 2. The van der Waals surface area contributed by atoms with E-state index in [9.17, 15) is 13.2 Å². The van der Waals surface area contributed by atoms with Crippen LogP contribution in [0, 0.1) is 13.8 Å². The number of nitrogens with zero attached hydrogens (tertiary/aromatic N) is 3. The summed E-state index contributed by atoms with van der Waals surface area (Å²) in [5, 5.41) is 3.90. The lowest BCUT2D eigenvalue weighted by molar-refractivity contribution is 0.256. The highest BCUT2D eigenvalue weighted by Gasteiger charge is 2.24. The molecule has 0 unspecified atom stereocenters. The molecule has 0 fully saturated rings. The first-order chi connectivity index (χ1) is 11.3. The van der Waals surface area contributed by atoms with Crippen LogP contribution in [0.4, 0.5) is 10.7 Å². The summed E-state index contributed by atoms with van der Waals surface area (Å²) in [7, 11) is -1.37. The Balaban J connectivity index is 2.19. The Morgan fingerprint density at radius 2 is 1.71 bits per heavy atom. The second-order valence-corrected chi connectivity index (χ2v) is 7.20. The molecule has 2 N–H and O–H groups in total. The molecular formula is C12H15N5O5S2. The average molecular weight is 373 g/mol. The maximum Gasteiger partial charge on any atom is 0.335 e. The van der Waals surface area contributed by atoms with E-state index in [1.54, 1.807) is 19.2 Å². The highest BCUT2D eigenvalue weighted by molar-refractivity contribution is 7.90. The van der Waals surface area contributed by atoms with Crippen LogP contribution >= 0.6 is 11.3 Å². The number of carbonyl (C=O) groups excluding carboxylic acids is 1. The molecule has 0 saturated heterocycles. The van der Waals surface area contributed by atoms with E-state index in [1.807, 2.05) is 4.72 Å². The van der Waals surface area contributed by atoms with Crippen molar-refractivity contribution in [3.05, 3.63) is 15.8 Å². The molecule has 12 heteroatoms. The zero-order chi connectivity index (χ0) is 17.9. The predicted octanol–water partition coefficient (Wildman–Crippen LogP) is 1.08. The number of anilines is 1. The van der Waals surface area contributed by atoms with Crippen LogP contribution in [-0.2, 0) is 10.0 Å². The molecule has 0 bridgehead atoms. The van der Waals surface area contributed by atoms with Gasteiger partial charge in [0.15, 0.2) is 0 Å². The molecule has 0 aliphatic carbocycles. The van der Waals surface area contributed by atoms with Gasteiger partial charge in [-0.1, -0.05) is 0 Å². The Morgan fingerprint density at radius 3 is 2.17 bits per heavy atom. The van der Waals surface area contributed by atoms with E-state index in [0.717, 1.165) is 0 Å². The second kappa shape index (κ2) is 6.97. The van der Waals surface area contributed by atoms with Gasteiger partial charge < -0.3 is 9.47 Å². The summed E-state index contributed by atoms with van der Waals surface area (Å²) in [4.78, 5) is 23.9. The van der Waals surface area contributed by atoms with Crippen LogP contribution in [0.25, 0.3) is 0 Å². The smallest absolute Gasteiger partial charge is 0.335 e. The minimum absolute atomic E-state index is 0.0773. The molecule has 2 amide bonds. The number of methoxy groups -OCH3 is 2. The quantitative estimate of drug-likeness (QED) is 0.795. The maximum absolute atomic E-state index is 12.3. The fourth-order valence-corrected chi connectivity index (χ4v) is 4.39. The Kier molecular flexibility index (Phi) is 5.19. The summed E-state index contributed by atoms with van der Waals surface area (Å²) < 4.78 is 36.2. The fraction of sp³-hybridized carbons (Fsp3) is 0.333. The number of amides is 2. The number of urea groups is 1. The van der Waals surface area contributed by atoms with Crippen molar-refractivity contribution in [3.63, 3.8) is 0 Å². The Labute approximate surface area is 142 Å². The molecule has 0 saturated carbocycles. The molecule has 0 aromatic carbocycles. The summed E-state index contributed by atoms with van der Waals surface area (Å²) in [6, 6.07) is -1.20. The maximum atomic E-state index is 12.3. The molecule has 0 atom stereocenters. The van der Waals surface area contributed by atoms with Gasteiger partial charge in [-0.05, 0) is 24.8 Å². The van der Waals surface area contributed by atoms with Crippen LogP contribution in [-0.4, -0.2) is 43.6 Å². The van der Waals surface area contributed by atoms with Crippen LogP contribution in [0.5, 0.6) is 12.0 Å². The Bertz CT molecular complexity index is 823. The predicted molar refractivity (Wildman–Crippen MR) is 86.1 cm³/mol. The van der Waals surface area contributed by atoms with Crippen molar-refractivity contribution in [2.24, 2.45) is 0 Å². The van der Waals surface area contributed by atoms with Crippen molar-refractivity contribution in [1.82, 2.24) is 19.7 Å². The van der Waals surface area contributed by atoms with Gasteiger partial charge in [-0.2, -0.15) is 9.97 Å². The van der Waals surface area contributed by atoms with Crippen molar-refractivity contribution in [2.75, 3.05) is 19.5 Å². The number of aromatic nitrogens is 3. The van der Waals surface area contributed by atoms with Crippen molar-refractivity contribution in [1.29, 1.82) is 0 Å². The molecular weight excluding hydrogens is 358 g/mol. The fourth-order valence-electron chi connectivity index (χ4n) is 1.84. The van der Waals surface area contributed by atoms with E-state index in [1.165, 1.54) is 25.6 Å². The minimum atomic E-state index is -4.01. The van der Waals surface area contributed by atoms with Gasteiger partial charge in [-0.25, -0.2) is 17.9 Å². The molecule has 2 rings (SSSR count). The van der Waals surface area contributed by atoms with Gasteiger partial charge in [0.05, 0.1) is 14.2 Å². The number of rotatable bonds is 5. The highest BCUT2D eigenvalue weighted by atomic mass is 32.2. The van der Waals surface area contributed by atoms with Gasteiger partial charge in [0, 0.05) is 4.88 Å². The molecule has 130 valence electrons. The van der Waals surface area contributed by atoms with Crippen molar-refractivity contribution < 1.29 is 22.7 Å². The number of hydrogen-bond donors (Lipinski definition) is 2. The monoisotopic (exact) mass is 373 g/mol. The lowest BCUT2D eigenvalue weighted by atomic mass is 10.3. The summed E-state index contributed by atoms with van der Waals surface area (Å²) >= 11 is 1.28. The lowest BCUT2D eigenvalue weighted by Crippen LogP contribution is -2.35. The molecule has 0 radical (unpaired) electrons. The van der Waals surface area contributed by atoms with E-state index < -0.39 is 16.1 Å². The van der Waals surface area contributed by atoms with Crippen LogP contribution in [0.15, 0.2) is 10.3 Å². The average Bonchev–Trinajstić information content (AvgIpc) is 2.85. The first-order valence-electron chi connectivity index (χ1n) is 6.49. The molecule has 2 aromatic heterocycles. The molecule has 24 heavy (non-hydrogen) atoms. The normalized spacial score (nSPS) is 11.0. The standard InChI is InChI=1S/C12H15N5O5S2/c1-6-5-23-7(2)8(6)24(19,20)17-10(18)13-9-14-11(21-3)16-12(15-9)22-4/h5H,1-4H3,(H2,13,14,15,16,17,18). The van der Waals surface area contributed by atoms with E-state index in [2.05, 4.69) is 20.3 Å². The largest absolute Gasteiger partial charge is 0.467 e. The third kappa shape index (κ3) is 3.89. The Hall–Kier alpha value is -2.47. The van der Waals surface area contributed by atoms with Crippen molar-refractivity contribution >= 4 is 33.3 Å². The highest BCUT2D eigenvalue weighted by Crippen LogP contribution is 2.25. The number of hydrogen-bond acceptors (Lipinski definition) is 9. The van der Waals surface area contributed by atoms with Crippen LogP contribution in [0.2, 0.25) is 0 Å². The first kappa shape index (κ1) is 17.9. The van der Waals surface area contributed by atoms with E-state index >= 15 is 0 Å². The number of carbonyl (C=O) groups is 1. The summed E-state index contributed by atoms with van der Waals surface area (Å²) in [5.74, 6) is -0.217. The molecule has 2 aromatic rings. The summed E-state index contributed by atoms with van der Waals surface area (Å²) in [6.45, 7) is 3.31. The molecule has 0 spiro atoms. The van der Waals surface area contributed by atoms with Gasteiger partial charge >= 0.3 is 18.1 Å². The summed E-state index contributed by atoms with van der Waals surface area (Å²) in [6.07, 6.45) is 0. The molecule has 0 aliphatic rings. The molecule has 0 aliphatic heterocycles. The number of sulfonamides is 1. The van der Waals surface area contributed by atoms with Crippen molar-refractivity contribution in [2.45, 2.75) is 18.7 Å². The number of nitrogens with one attached hydrogen (secondary N) is 2. The van der Waals surface area contributed by atoms with Gasteiger partial charge in [0.25, 0.3) is 10.0 Å². The van der Waals surface area contributed by atoms with E-state index in [-0.39, 0.29) is 22.9 Å². The van der Waals surface area contributed by atoms with E-state index in [4.69, 9.17) is 9.47 Å². The zero-order valence-electron chi connectivity index (χ0n) is 13.3. The third-order valence-corrected chi connectivity index (χ3v) is 5.55. The van der Waals surface area contributed by atoms with Crippen LogP contribution in [0.1, 0.15) is 10.4 Å². The van der Waals surface area contributed by atoms with Crippen LogP contribution < -0.4 is 19.5 Å². The van der Waals surface area contributed by atoms with E-state index in [0.29, 0.717) is 10.4 Å². The Morgan fingerprint density at radius 1 is 1.12 bits per heavy atom. The number of thiophene rings is 1. The second-order valence-electron chi connectivity index (χ2n) is 4.50. The zero-order valence-corrected chi connectivity index (χ0v) is 14.9. The molecule has 2 heterocycles. The van der Waals surface area contributed by atoms with Gasteiger partial charge in [0.2, 0.25) is 5.95 Å². The SMILES string of the molecule is COc1nc(NC(=O)NS(=O)(=O)c2c(C)csc2C)nc(OC)n1. The van der Waals surface area contributed by atoms with Crippen molar-refractivity contribution in [3.8, 4) is 12.0 Å². The number of aryl methyl sites for hydroxylation is 2.